The summed E-state index contributed by atoms with van der Waals surface area (Å²) in [6, 6.07) is 11.2. The van der Waals surface area contributed by atoms with Crippen LogP contribution in [-0.4, -0.2) is 32.4 Å². The maximum atomic E-state index is 13.2. The first-order chi connectivity index (χ1) is 12.1. The molecule has 0 atom stereocenters. The van der Waals surface area contributed by atoms with Crippen molar-refractivity contribution >= 4 is 20.8 Å². The van der Waals surface area contributed by atoms with Crippen molar-refractivity contribution in [3.8, 4) is 5.75 Å². The van der Waals surface area contributed by atoms with Crippen LogP contribution in [0.4, 0.5) is 0 Å². The van der Waals surface area contributed by atoms with Crippen LogP contribution in [0, 0.1) is 0 Å². The van der Waals surface area contributed by atoms with Crippen LogP contribution in [0.3, 0.4) is 0 Å². The van der Waals surface area contributed by atoms with Crippen LogP contribution in [0.25, 0.3) is 10.8 Å². The number of rotatable bonds is 6. The van der Waals surface area contributed by atoms with Crippen molar-refractivity contribution in [3.63, 3.8) is 0 Å². The van der Waals surface area contributed by atoms with Gasteiger partial charge in [-0.1, -0.05) is 50.5 Å². The summed E-state index contributed by atoms with van der Waals surface area (Å²) in [5, 5.41) is 1.62. The van der Waals surface area contributed by atoms with Crippen LogP contribution in [0.1, 0.15) is 45.4 Å². The van der Waals surface area contributed by atoms with Crippen molar-refractivity contribution in [2.75, 3.05) is 19.7 Å². The lowest BCUT2D eigenvalue weighted by Gasteiger charge is -2.21. The normalized spacial score (nSPS) is 16.7. The van der Waals surface area contributed by atoms with Crippen LogP contribution in [0.2, 0.25) is 0 Å². The van der Waals surface area contributed by atoms with Crippen LogP contribution in [0.15, 0.2) is 41.3 Å². The molecule has 1 aliphatic heterocycles. The molecule has 1 fully saturated rings. The smallest absolute Gasteiger partial charge is 0.243 e. The molecule has 0 aromatic heterocycles. The summed E-state index contributed by atoms with van der Waals surface area (Å²) in [6.07, 6.45) is 6.15. The molecule has 0 amide bonds. The number of nitrogens with zero attached hydrogens (tertiary/aromatic N) is 1. The molecule has 3 rings (SSSR count). The Kier molecular flexibility index (Phi) is 5.97. The topological polar surface area (TPSA) is 46.6 Å². The van der Waals surface area contributed by atoms with Gasteiger partial charge in [0.25, 0.3) is 0 Å². The summed E-state index contributed by atoms with van der Waals surface area (Å²) in [6.45, 7) is 4.01. The minimum absolute atomic E-state index is 0.396. The van der Waals surface area contributed by atoms with Gasteiger partial charge in [0.1, 0.15) is 5.75 Å². The minimum Gasteiger partial charge on any atom is -0.493 e. The Morgan fingerprint density at radius 1 is 0.960 bits per heavy atom. The van der Waals surface area contributed by atoms with E-state index in [-0.39, 0.29) is 0 Å². The Morgan fingerprint density at radius 3 is 2.32 bits per heavy atom. The number of benzene rings is 2. The Bertz CT molecular complexity index is 809. The van der Waals surface area contributed by atoms with Gasteiger partial charge in [-0.15, -0.1) is 0 Å². The maximum absolute atomic E-state index is 13.2. The van der Waals surface area contributed by atoms with Gasteiger partial charge in [0.15, 0.2) is 0 Å². The highest BCUT2D eigenvalue weighted by Gasteiger charge is 2.27. The predicted molar refractivity (Wildman–Crippen MR) is 102 cm³/mol. The van der Waals surface area contributed by atoms with E-state index in [1.165, 1.54) is 0 Å². The lowest BCUT2D eigenvalue weighted by atomic mass is 10.1. The first-order valence-electron chi connectivity index (χ1n) is 9.29. The molecule has 0 spiro atoms. The first-order valence-corrected chi connectivity index (χ1v) is 10.7. The van der Waals surface area contributed by atoms with Gasteiger partial charge >= 0.3 is 0 Å². The molecule has 0 bridgehead atoms. The standard InChI is InChI=1S/C20H27NO3S/c1-2-3-16-24-19-12-13-20(18-11-7-6-10-17(18)19)25(22,23)21-14-8-4-5-9-15-21/h6-7,10-13H,2-5,8-9,14-16H2,1H3. The Balaban J connectivity index is 2.00. The highest BCUT2D eigenvalue weighted by molar-refractivity contribution is 7.89. The molecule has 2 aromatic carbocycles. The molecule has 5 heteroatoms. The first kappa shape index (κ1) is 18.2. The van der Waals surface area contributed by atoms with Gasteiger partial charge in [-0.3, -0.25) is 0 Å². The molecule has 0 saturated carbocycles. The molecule has 2 aromatic rings. The van der Waals surface area contributed by atoms with Gasteiger partial charge in [-0.25, -0.2) is 8.42 Å². The van der Waals surface area contributed by atoms with E-state index < -0.39 is 10.0 Å². The summed E-state index contributed by atoms with van der Waals surface area (Å²) in [5.74, 6) is 0.763. The monoisotopic (exact) mass is 361 g/mol. The highest BCUT2D eigenvalue weighted by Crippen LogP contribution is 2.33. The van der Waals surface area contributed by atoms with Gasteiger partial charge in [-0.05, 0) is 31.4 Å². The van der Waals surface area contributed by atoms with E-state index in [1.54, 1.807) is 10.4 Å². The van der Waals surface area contributed by atoms with E-state index in [2.05, 4.69) is 6.92 Å². The van der Waals surface area contributed by atoms with Gasteiger partial charge in [-0.2, -0.15) is 4.31 Å². The summed E-state index contributed by atoms with van der Waals surface area (Å²) in [4.78, 5) is 0.396. The van der Waals surface area contributed by atoms with Crippen LogP contribution < -0.4 is 4.74 Å². The zero-order valence-electron chi connectivity index (χ0n) is 14.9. The van der Waals surface area contributed by atoms with Crippen molar-refractivity contribution in [1.29, 1.82) is 0 Å². The number of hydrogen-bond acceptors (Lipinski definition) is 3. The molecular formula is C20H27NO3S. The van der Waals surface area contributed by atoms with E-state index in [1.807, 2.05) is 30.3 Å². The number of fused-ring (bicyclic) bond motifs is 1. The fourth-order valence-corrected chi connectivity index (χ4v) is 5.06. The Labute approximate surface area is 150 Å². The Hall–Kier alpha value is -1.59. The molecule has 0 N–H and O–H groups in total. The van der Waals surface area contributed by atoms with E-state index in [4.69, 9.17) is 4.74 Å². The van der Waals surface area contributed by atoms with Crippen molar-refractivity contribution in [2.24, 2.45) is 0 Å². The van der Waals surface area contributed by atoms with Gasteiger partial charge in [0, 0.05) is 23.9 Å². The maximum Gasteiger partial charge on any atom is 0.243 e. The van der Waals surface area contributed by atoms with E-state index in [0.717, 1.165) is 55.0 Å². The van der Waals surface area contributed by atoms with Crippen molar-refractivity contribution in [2.45, 2.75) is 50.3 Å². The average molecular weight is 362 g/mol. The SMILES string of the molecule is CCCCOc1ccc(S(=O)(=O)N2CCCCCC2)c2ccccc12. The third-order valence-electron chi connectivity index (χ3n) is 4.78. The van der Waals surface area contributed by atoms with Crippen molar-refractivity contribution < 1.29 is 13.2 Å². The molecule has 136 valence electrons. The van der Waals surface area contributed by atoms with Gasteiger partial charge < -0.3 is 4.74 Å². The summed E-state index contributed by atoms with van der Waals surface area (Å²) >= 11 is 0. The predicted octanol–water partition coefficient (Wildman–Crippen LogP) is 4.58. The fourth-order valence-electron chi connectivity index (χ4n) is 3.34. The Morgan fingerprint density at radius 2 is 1.64 bits per heavy atom. The van der Waals surface area contributed by atoms with Gasteiger partial charge in [0.2, 0.25) is 10.0 Å². The second kappa shape index (κ2) is 8.19. The number of unbranched alkanes of at least 4 members (excludes halogenated alkanes) is 1. The second-order valence-corrected chi connectivity index (χ2v) is 8.53. The molecule has 25 heavy (non-hydrogen) atoms. The molecule has 1 saturated heterocycles. The molecule has 0 aliphatic carbocycles. The van der Waals surface area contributed by atoms with Gasteiger partial charge in [0.05, 0.1) is 11.5 Å². The zero-order chi connectivity index (χ0) is 17.7. The van der Waals surface area contributed by atoms with E-state index in [0.29, 0.717) is 24.6 Å². The molecule has 1 aliphatic rings. The lowest BCUT2D eigenvalue weighted by Crippen LogP contribution is -2.32. The van der Waals surface area contributed by atoms with E-state index in [9.17, 15) is 8.42 Å². The molecule has 0 unspecified atom stereocenters. The summed E-state index contributed by atoms with van der Waals surface area (Å²) in [5.41, 5.74) is 0. The highest BCUT2D eigenvalue weighted by atomic mass is 32.2. The molecule has 1 heterocycles. The third kappa shape index (κ3) is 3.98. The molecule has 4 nitrogen and oxygen atoms in total. The summed E-state index contributed by atoms with van der Waals surface area (Å²) in [7, 11) is -3.48. The lowest BCUT2D eigenvalue weighted by molar-refractivity contribution is 0.313. The van der Waals surface area contributed by atoms with Crippen LogP contribution in [0.5, 0.6) is 5.75 Å². The number of sulfonamides is 1. The largest absolute Gasteiger partial charge is 0.493 e. The van der Waals surface area contributed by atoms with Crippen LogP contribution >= 0.6 is 0 Å². The second-order valence-electron chi connectivity index (χ2n) is 6.63. The van der Waals surface area contributed by atoms with Crippen molar-refractivity contribution in [3.05, 3.63) is 36.4 Å². The average Bonchev–Trinajstić information content (AvgIpc) is 2.92. The quantitative estimate of drug-likeness (QED) is 0.707. The van der Waals surface area contributed by atoms with Crippen LogP contribution in [-0.2, 0) is 10.0 Å². The number of ether oxygens (including phenoxy) is 1. The fraction of sp³-hybridized carbons (Fsp3) is 0.500. The molecular weight excluding hydrogens is 334 g/mol. The number of hydrogen-bond donors (Lipinski definition) is 0. The van der Waals surface area contributed by atoms with Crippen molar-refractivity contribution in [1.82, 2.24) is 4.31 Å². The van der Waals surface area contributed by atoms with E-state index >= 15 is 0 Å². The molecule has 0 radical (unpaired) electrons. The zero-order valence-corrected chi connectivity index (χ0v) is 15.7. The summed E-state index contributed by atoms with van der Waals surface area (Å²) < 4.78 is 34.0. The third-order valence-corrected chi connectivity index (χ3v) is 6.74. The minimum atomic E-state index is -3.48.